The molecule has 0 aliphatic rings. The minimum absolute atomic E-state index is 0.300. The maximum Gasteiger partial charge on any atom is 0.139 e. The molecule has 16 heavy (non-hydrogen) atoms. The van der Waals surface area contributed by atoms with Crippen molar-refractivity contribution in [2.75, 3.05) is 11.9 Å². The van der Waals surface area contributed by atoms with Crippen LogP contribution in [0.3, 0.4) is 0 Å². The van der Waals surface area contributed by atoms with Crippen molar-refractivity contribution >= 4 is 34.1 Å². The number of unbranched alkanes of at least 4 members (excludes halogenated alkanes) is 1. The van der Waals surface area contributed by atoms with Crippen molar-refractivity contribution in [2.45, 2.75) is 19.3 Å². The topological polar surface area (TPSA) is 70.6 Å². The highest BCUT2D eigenvalue weighted by atomic mass is 127. The van der Waals surface area contributed by atoms with Gasteiger partial charge in [-0.3, -0.25) is 0 Å². The monoisotopic (exact) mass is 333 g/mol. The van der Waals surface area contributed by atoms with Crippen LogP contribution in [0.15, 0.2) is 29.4 Å². The van der Waals surface area contributed by atoms with Crippen LogP contribution in [0.1, 0.15) is 19.3 Å². The summed E-state index contributed by atoms with van der Waals surface area (Å²) in [5.41, 5.74) is 6.53. The van der Waals surface area contributed by atoms with Crippen molar-refractivity contribution in [2.24, 2.45) is 10.9 Å². The van der Waals surface area contributed by atoms with E-state index in [-0.39, 0.29) is 0 Å². The molecular formula is C11H16IN3O. The van der Waals surface area contributed by atoms with Crippen molar-refractivity contribution in [3.05, 3.63) is 27.8 Å². The Labute approximate surface area is 109 Å². The van der Waals surface area contributed by atoms with Crippen molar-refractivity contribution in [1.82, 2.24) is 0 Å². The molecule has 4 nitrogen and oxygen atoms in total. The Bertz CT molecular complexity index is 355. The van der Waals surface area contributed by atoms with Gasteiger partial charge in [0, 0.05) is 22.2 Å². The summed E-state index contributed by atoms with van der Waals surface area (Å²) in [6.45, 7) is 0.902. The molecule has 0 atom stereocenters. The third kappa shape index (κ3) is 4.69. The van der Waals surface area contributed by atoms with Crippen LogP contribution in [0.25, 0.3) is 0 Å². The second kappa shape index (κ2) is 7.32. The number of nitrogens with one attached hydrogen (secondary N) is 1. The smallest absolute Gasteiger partial charge is 0.139 e. The van der Waals surface area contributed by atoms with E-state index in [2.05, 4.69) is 45.2 Å². The summed E-state index contributed by atoms with van der Waals surface area (Å²) in [5.74, 6) is 0.300. The van der Waals surface area contributed by atoms with Crippen molar-refractivity contribution in [1.29, 1.82) is 0 Å². The molecule has 5 heteroatoms. The molecule has 0 saturated heterocycles. The summed E-state index contributed by atoms with van der Waals surface area (Å²) in [6.07, 6.45) is 2.57. The first-order valence-corrected chi connectivity index (χ1v) is 6.26. The van der Waals surface area contributed by atoms with Crippen LogP contribution in [-0.4, -0.2) is 17.6 Å². The number of nitrogens with two attached hydrogens (primary N) is 1. The molecule has 0 aliphatic carbocycles. The number of halogens is 1. The van der Waals surface area contributed by atoms with Gasteiger partial charge in [0.25, 0.3) is 0 Å². The second-order valence-corrected chi connectivity index (χ2v) is 4.62. The fourth-order valence-electron chi connectivity index (χ4n) is 1.31. The number of para-hydroxylation sites is 1. The molecule has 0 unspecified atom stereocenters. The zero-order valence-corrected chi connectivity index (χ0v) is 11.1. The van der Waals surface area contributed by atoms with Gasteiger partial charge in [-0.05, 0) is 47.6 Å². The first-order valence-electron chi connectivity index (χ1n) is 5.19. The molecule has 0 saturated carbocycles. The number of benzene rings is 1. The zero-order chi connectivity index (χ0) is 11.8. The molecule has 4 N–H and O–H groups in total. The van der Waals surface area contributed by atoms with E-state index in [0.29, 0.717) is 12.3 Å². The van der Waals surface area contributed by atoms with Crippen LogP contribution in [0.5, 0.6) is 0 Å². The number of oxime groups is 1. The minimum Gasteiger partial charge on any atom is -0.409 e. The van der Waals surface area contributed by atoms with E-state index in [0.717, 1.165) is 25.1 Å². The number of hydrogen-bond donors (Lipinski definition) is 3. The van der Waals surface area contributed by atoms with Gasteiger partial charge < -0.3 is 16.3 Å². The van der Waals surface area contributed by atoms with Gasteiger partial charge in [-0.2, -0.15) is 0 Å². The van der Waals surface area contributed by atoms with Gasteiger partial charge in [0.2, 0.25) is 0 Å². The molecule has 0 aromatic heterocycles. The summed E-state index contributed by atoms with van der Waals surface area (Å²) < 4.78 is 1.22. The van der Waals surface area contributed by atoms with E-state index in [4.69, 9.17) is 10.9 Å². The molecule has 1 rings (SSSR count). The maximum atomic E-state index is 8.35. The molecule has 1 aromatic carbocycles. The van der Waals surface area contributed by atoms with Gasteiger partial charge in [-0.15, -0.1) is 0 Å². The normalized spacial score (nSPS) is 11.4. The molecule has 0 aliphatic heterocycles. The highest BCUT2D eigenvalue weighted by molar-refractivity contribution is 14.1. The van der Waals surface area contributed by atoms with E-state index in [1.165, 1.54) is 3.57 Å². The van der Waals surface area contributed by atoms with Crippen LogP contribution >= 0.6 is 22.6 Å². The number of hydrogen-bond acceptors (Lipinski definition) is 3. The number of nitrogens with zero attached hydrogens (tertiary/aromatic N) is 1. The Morgan fingerprint density at radius 1 is 1.38 bits per heavy atom. The fraction of sp³-hybridized carbons (Fsp3) is 0.364. The average molecular weight is 333 g/mol. The lowest BCUT2D eigenvalue weighted by molar-refractivity contribution is 0.316. The van der Waals surface area contributed by atoms with Gasteiger partial charge in [-0.1, -0.05) is 17.3 Å². The van der Waals surface area contributed by atoms with E-state index >= 15 is 0 Å². The standard InChI is InChI=1S/C11H16IN3O/c12-9-5-1-2-6-10(9)14-8-4-3-7-11(13)15-16/h1-2,5-6,14,16H,3-4,7-8H2,(H2,13,15). The molecule has 88 valence electrons. The minimum atomic E-state index is 0.300. The number of rotatable bonds is 6. The van der Waals surface area contributed by atoms with Crippen molar-refractivity contribution in [3.63, 3.8) is 0 Å². The lowest BCUT2D eigenvalue weighted by Crippen LogP contribution is -2.12. The summed E-state index contributed by atoms with van der Waals surface area (Å²) in [5, 5.41) is 14.6. The predicted octanol–water partition coefficient (Wildman–Crippen LogP) is 2.62. The first kappa shape index (κ1) is 13.1. The molecule has 0 radical (unpaired) electrons. The maximum absolute atomic E-state index is 8.35. The van der Waals surface area contributed by atoms with Crippen molar-refractivity contribution < 1.29 is 5.21 Å². The number of amidine groups is 1. The SMILES string of the molecule is NC(CCCCNc1ccccc1I)=NO. The third-order valence-electron chi connectivity index (χ3n) is 2.18. The van der Waals surface area contributed by atoms with Crippen molar-refractivity contribution in [3.8, 4) is 0 Å². The lowest BCUT2D eigenvalue weighted by atomic mass is 10.2. The summed E-state index contributed by atoms with van der Waals surface area (Å²) in [6, 6.07) is 8.16. The van der Waals surface area contributed by atoms with Gasteiger partial charge >= 0.3 is 0 Å². The van der Waals surface area contributed by atoms with E-state index in [9.17, 15) is 0 Å². The Morgan fingerprint density at radius 3 is 2.81 bits per heavy atom. The fourth-order valence-corrected chi connectivity index (χ4v) is 1.89. The summed E-state index contributed by atoms with van der Waals surface area (Å²) in [7, 11) is 0. The van der Waals surface area contributed by atoms with E-state index < -0.39 is 0 Å². The molecule has 1 aromatic rings. The Balaban J connectivity index is 2.19. The molecule has 0 amide bonds. The Morgan fingerprint density at radius 2 is 2.12 bits per heavy atom. The van der Waals surface area contributed by atoms with Crippen LogP contribution in [0.4, 0.5) is 5.69 Å². The van der Waals surface area contributed by atoms with Gasteiger partial charge in [-0.25, -0.2) is 0 Å². The molecule has 0 bridgehead atoms. The Hall–Kier alpha value is -0.980. The van der Waals surface area contributed by atoms with Gasteiger partial charge in [0.05, 0.1) is 0 Å². The van der Waals surface area contributed by atoms with Crippen LogP contribution < -0.4 is 11.1 Å². The molecule has 0 heterocycles. The van der Waals surface area contributed by atoms with Crippen LogP contribution in [0.2, 0.25) is 0 Å². The highest BCUT2D eigenvalue weighted by Gasteiger charge is 1.97. The zero-order valence-electron chi connectivity index (χ0n) is 8.99. The Kier molecular flexibility index (Phi) is 5.99. The molecule has 0 fully saturated rings. The van der Waals surface area contributed by atoms with Gasteiger partial charge in [0.1, 0.15) is 5.84 Å². The largest absolute Gasteiger partial charge is 0.409 e. The molecular weight excluding hydrogens is 317 g/mol. The van der Waals surface area contributed by atoms with E-state index in [1.807, 2.05) is 12.1 Å². The second-order valence-electron chi connectivity index (χ2n) is 3.46. The lowest BCUT2D eigenvalue weighted by Gasteiger charge is -2.07. The quantitative estimate of drug-likeness (QED) is 0.187. The average Bonchev–Trinajstić information content (AvgIpc) is 2.30. The number of anilines is 1. The molecule has 0 spiro atoms. The van der Waals surface area contributed by atoms with Crippen LogP contribution in [0, 0.1) is 3.57 Å². The third-order valence-corrected chi connectivity index (χ3v) is 3.12. The first-order chi connectivity index (χ1) is 7.74. The summed E-state index contributed by atoms with van der Waals surface area (Å²) in [4.78, 5) is 0. The predicted molar refractivity (Wildman–Crippen MR) is 74.9 cm³/mol. The summed E-state index contributed by atoms with van der Waals surface area (Å²) >= 11 is 2.30. The van der Waals surface area contributed by atoms with E-state index in [1.54, 1.807) is 0 Å². The van der Waals surface area contributed by atoms with Gasteiger partial charge in [0.15, 0.2) is 0 Å². The highest BCUT2D eigenvalue weighted by Crippen LogP contribution is 2.16. The van der Waals surface area contributed by atoms with Crippen LogP contribution in [-0.2, 0) is 0 Å².